The lowest BCUT2D eigenvalue weighted by atomic mass is 9.80. The number of halogens is 2. The summed E-state index contributed by atoms with van der Waals surface area (Å²) in [5.41, 5.74) is 6.01. The molecule has 17 nitrogen and oxygen atoms in total. The van der Waals surface area contributed by atoms with Gasteiger partial charge in [0.1, 0.15) is 5.82 Å². The second-order valence-corrected chi connectivity index (χ2v) is 18.8. The van der Waals surface area contributed by atoms with Crippen molar-refractivity contribution in [1.82, 2.24) is 15.2 Å². The summed E-state index contributed by atoms with van der Waals surface area (Å²) in [5, 5.41) is 31.9. The van der Waals surface area contributed by atoms with Gasteiger partial charge in [0, 0.05) is 40.8 Å². The van der Waals surface area contributed by atoms with E-state index in [1.807, 2.05) is 66.9 Å². The van der Waals surface area contributed by atoms with Crippen LogP contribution in [0.2, 0.25) is 5.02 Å². The number of dihydropyridines is 1. The summed E-state index contributed by atoms with van der Waals surface area (Å²) in [6.07, 6.45) is -3.02. The van der Waals surface area contributed by atoms with Gasteiger partial charge in [-0.05, 0) is 91.8 Å². The molecule has 1 unspecified atom stereocenters. The minimum Gasteiger partial charge on any atom is -0.466 e. The first-order valence-corrected chi connectivity index (χ1v) is 25.5. The molecule has 4 aromatic carbocycles. The van der Waals surface area contributed by atoms with Crippen molar-refractivity contribution >= 4 is 41.1 Å². The topological polar surface area (TPSA) is 230 Å². The zero-order chi connectivity index (χ0) is 55.2. The van der Waals surface area contributed by atoms with Gasteiger partial charge in [-0.2, -0.15) is 0 Å². The quantitative estimate of drug-likeness (QED) is 0.0205. The predicted octanol–water partition coefficient (Wildman–Crippen LogP) is 8.93. The third kappa shape index (κ3) is 14.3. The van der Waals surface area contributed by atoms with Crippen molar-refractivity contribution in [3.8, 4) is 22.4 Å². The van der Waals surface area contributed by atoms with Crippen LogP contribution in [0.4, 0.5) is 10.1 Å². The van der Waals surface area contributed by atoms with Crippen LogP contribution in [0.3, 0.4) is 0 Å². The number of hydrogen-bond donors (Lipinski definition) is 5. The van der Waals surface area contributed by atoms with Gasteiger partial charge in [-0.3, -0.25) is 9.59 Å². The van der Waals surface area contributed by atoms with Crippen molar-refractivity contribution in [3.63, 3.8) is 0 Å². The summed E-state index contributed by atoms with van der Waals surface area (Å²) in [6.45, 7) is 7.24. The molecule has 1 amide bonds. The molecule has 1 aliphatic heterocycles. The Morgan fingerprint density at radius 3 is 2.18 bits per heavy atom. The molecule has 0 saturated carbocycles. The van der Waals surface area contributed by atoms with Gasteiger partial charge < -0.3 is 58.5 Å². The fourth-order valence-electron chi connectivity index (χ4n) is 9.36. The lowest BCUT2D eigenvalue weighted by Crippen LogP contribution is -2.35. The number of rotatable bonds is 25. The zero-order valence-electron chi connectivity index (χ0n) is 43.4. The molecule has 7 rings (SSSR count). The Kier molecular flexibility index (Phi) is 20.0. The fraction of sp³-hybridized carbons (Fsp3) is 0.328. The maximum Gasteiger partial charge on any atom is 0.519 e. The van der Waals surface area contributed by atoms with Crippen LogP contribution in [0.25, 0.3) is 22.4 Å². The number of nitrogens with zero attached hydrogens (tertiary/aromatic N) is 1. The van der Waals surface area contributed by atoms with Gasteiger partial charge in [-0.25, -0.2) is 18.8 Å². The molecule has 0 radical (unpaired) electrons. The van der Waals surface area contributed by atoms with Crippen molar-refractivity contribution in [2.75, 3.05) is 38.8 Å². The number of carbonyl (C=O) groups is 4. The number of hydrogen-bond acceptors (Lipinski definition) is 15. The maximum absolute atomic E-state index is 14.4. The van der Waals surface area contributed by atoms with Gasteiger partial charge in [-0.15, -0.1) is 0 Å². The normalized spacial score (nSPS) is 14.3. The molecule has 0 spiro atoms. The highest BCUT2D eigenvalue weighted by Crippen LogP contribution is 2.44. The van der Waals surface area contributed by atoms with Crippen molar-refractivity contribution in [2.45, 2.75) is 90.7 Å². The molecule has 406 valence electrons. The van der Waals surface area contributed by atoms with E-state index in [0.717, 1.165) is 5.56 Å². The average molecular weight is 1080 g/mol. The number of benzene rings is 4. The number of ether oxygens (including phenoxy) is 4. The summed E-state index contributed by atoms with van der Waals surface area (Å²) < 4.78 is 48.5. The number of nitrogens with one attached hydrogen (secondary N) is 3. The number of allylic oxidation sites excluding steroid dienone is 1. The van der Waals surface area contributed by atoms with E-state index in [1.54, 1.807) is 62.4 Å². The molecule has 0 fully saturated rings. The van der Waals surface area contributed by atoms with Crippen LogP contribution in [0, 0.1) is 5.82 Å². The summed E-state index contributed by atoms with van der Waals surface area (Å²) in [4.78, 5) is 66.2. The second kappa shape index (κ2) is 26.9. The minimum absolute atomic E-state index is 0.0282. The average Bonchev–Trinajstić information content (AvgIpc) is 3.96. The number of para-hydroxylation sites is 1. The predicted molar refractivity (Wildman–Crippen MR) is 285 cm³/mol. The Hall–Kier alpha value is -7.61. The van der Waals surface area contributed by atoms with Crippen LogP contribution in [-0.2, 0) is 53.0 Å². The molecule has 6 aromatic rings. The molecule has 77 heavy (non-hydrogen) atoms. The third-order valence-corrected chi connectivity index (χ3v) is 13.1. The SMILES string of the molecule is CCOC(=O)C1=C(COCCNCc2oc(=O)oc2COC(=O)C[C@H](O)C[C@H](O)CCn2c(-c3ccc(F)cc3)c(-c3ccccc3)c(C(=O)Nc3ccccc3)c2C(C)C)NC(C)=C(C(=O)OC)C1c1ccccc1Cl. The van der Waals surface area contributed by atoms with E-state index in [0.29, 0.717) is 55.7 Å². The molecule has 0 aliphatic carbocycles. The molecule has 5 N–H and O–H groups in total. The van der Waals surface area contributed by atoms with Crippen LogP contribution in [0.5, 0.6) is 0 Å². The zero-order valence-corrected chi connectivity index (χ0v) is 44.1. The number of esters is 3. The van der Waals surface area contributed by atoms with Crippen molar-refractivity contribution in [2.24, 2.45) is 0 Å². The summed E-state index contributed by atoms with van der Waals surface area (Å²) >= 11 is 6.60. The first kappa shape index (κ1) is 57.1. The van der Waals surface area contributed by atoms with E-state index < -0.39 is 60.7 Å². The summed E-state index contributed by atoms with van der Waals surface area (Å²) in [5.74, 6) is -5.08. The number of anilines is 1. The van der Waals surface area contributed by atoms with Crippen LogP contribution < -0.4 is 21.8 Å². The Bertz CT molecular complexity index is 3150. The van der Waals surface area contributed by atoms with Gasteiger partial charge in [0.05, 0.1) is 86.1 Å². The summed E-state index contributed by atoms with van der Waals surface area (Å²) in [6, 6.07) is 31.4. The lowest BCUT2D eigenvalue weighted by Gasteiger charge is -2.31. The van der Waals surface area contributed by atoms with Gasteiger partial charge in [-0.1, -0.05) is 92.2 Å². The highest BCUT2D eigenvalue weighted by Gasteiger charge is 2.40. The molecule has 1 aliphatic rings. The molecular weight excluding hydrogens is 1020 g/mol. The molecule has 3 atom stereocenters. The van der Waals surface area contributed by atoms with E-state index in [4.69, 9.17) is 39.4 Å². The molecule has 0 saturated heterocycles. The van der Waals surface area contributed by atoms with Crippen molar-refractivity contribution in [1.29, 1.82) is 0 Å². The fourth-order valence-corrected chi connectivity index (χ4v) is 9.61. The largest absolute Gasteiger partial charge is 0.519 e. The van der Waals surface area contributed by atoms with Gasteiger partial charge in [0.15, 0.2) is 18.1 Å². The number of methoxy groups -OCH3 is 1. The Labute approximate surface area is 449 Å². The van der Waals surface area contributed by atoms with Crippen molar-refractivity contribution in [3.05, 3.63) is 182 Å². The van der Waals surface area contributed by atoms with E-state index in [9.17, 15) is 38.6 Å². The Morgan fingerprint density at radius 1 is 0.831 bits per heavy atom. The van der Waals surface area contributed by atoms with Gasteiger partial charge in [0.2, 0.25) is 0 Å². The monoisotopic (exact) mass is 1080 g/mol. The molecule has 0 bridgehead atoms. The maximum atomic E-state index is 14.4. The van der Waals surface area contributed by atoms with Gasteiger partial charge >= 0.3 is 23.7 Å². The number of aliphatic hydroxyl groups excluding tert-OH is 2. The number of amides is 1. The number of aliphatic hydroxyl groups is 2. The Morgan fingerprint density at radius 2 is 1.51 bits per heavy atom. The van der Waals surface area contributed by atoms with Crippen LogP contribution in [0.1, 0.15) is 91.9 Å². The Balaban J connectivity index is 0.955. The first-order chi connectivity index (χ1) is 37.1. The van der Waals surface area contributed by atoms with E-state index in [1.165, 1.54) is 19.2 Å². The highest BCUT2D eigenvalue weighted by atomic mass is 35.5. The lowest BCUT2D eigenvalue weighted by molar-refractivity contribution is -0.148. The molecule has 2 aromatic heterocycles. The smallest absolute Gasteiger partial charge is 0.466 e. The van der Waals surface area contributed by atoms with Gasteiger partial charge in [0.25, 0.3) is 5.91 Å². The molecule has 3 heterocycles. The van der Waals surface area contributed by atoms with Crippen LogP contribution >= 0.6 is 11.6 Å². The van der Waals surface area contributed by atoms with E-state index in [-0.39, 0.29) is 86.8 Å². The molecule has 19 heteroatoms. The van der Waals surface area contributed by atoms with Crippen molar-refractivity contribution < 1.29 is 61.6 Å². The third-order valence-electron chi connectivity index (χ3n) is 12.7. The highest BCUT2D eigenvalue weighted by molar-refractivity contribution is 6.31. The molecular formula is C58H62ClFN4O13. The van der Waals surface area contributed by atoms with Crippen LogP contribution in [-0.4, -0.2) is 84.3 Å². The second-order valence-electron chi connectivity index (χ2n) is 18.4. The van der Waals surface area contributed by atoms with E-state index >= 15 is 0 Å². The minimum atomic E-state index is -1.32. The van der Waals surface area contributed by atoms with E-state index in [2.05, 4.69) is 16.0 Å². The first-order valence-electron chi connectivity index (χ1n) is 25.2. The standard InChI is InChI=1S/C58H62ClFN4O13/c1-6-74-57(70)51-44(62-35(4)48(56(69)72-5)50(51)42-19-13-14-20-43(42)59)32-73-28-26-61-31-45-46(77-58(71)76-45)33-75-47(67)30-41(66)29-40(65)25-27-64-53(34(2)3)52(55(68)63-39-17-11-8-12-18-39)49(36-15-9-7-10-16-36)54(64)37-21-23-38(60)24-22-37/h7-24,34,40-41,50,61-62,65-66H,6,25-33H2,1-5H3,(H,63,68)/t40-,41-,50?/m1/s1. The summed E-state index contributed by atoms with van der Waals surface area (Å²) in [7, 11) is 1.25. The van der Waals surface area contributed by atoms with Crippen LogP contribution in [0.15, 0.2) is 145 Å². The number of carbonyl (C=O) groups excluding carboxylic acids is 4. The number of aromatic nitrogens is 1.